The number of aromatic amines is 1. The van der Waals surface area contributed by atoms with Gasteiger partial charge in [-0.3, -0.25) is 9.59 Å². The molecule has 212 valence electrons. The van der Waals surface area contributed by atoms with E-state index in [4.69, 9.17) is 16.2 Å². The van der Waals surface area contributed by atoms with E-state index in [1.165, 1.54) is 19.2 Å². The van der Waals surface area contributed by atoms with E-state index < -0.39 is 30.9 Å². The van der Waals surface area contributed by atoms with Crippen LogP contribution in [0.3, 0.4) is 0 Å². The predicted molar refractivity (Wildman–Crippen MR) is 154 cm³/mol. The fraction of sp³-hybridized carbons (Fsp3) is 0.222. The van der Waals surface area contributed by atoms with E-state index in [0.29, 0.717) is 35.6 Å². The Morgan fingerprint density at radius 1 is 1.07 bits per heavy atom. The van der Waals surface area contributed by atoms with E-state index in [0.717, 1.165) is 16.5 Å². The molecule has 4 aromatic rings. The summed E-state index contributed by atoms with van der Waals surface area (Å²) in [5.41, 5.74) is 15.1. The largest absolute Gasteiger partial charge is 0.488 e. The highest BCUT2D eigenvalue weighted by Crippen LogP contribution is 2.24. The number of carbonyl (C=O) groups is 3. The number of nitrogen functional groups attached to an aromatic ring is 2. The van der Waals surface area contributed by atoms with Crippen molar-refractivity contribution in [3.05, 3.63) is 71.4 Å². The van der Waals surface area contributed by atoms with Gasteiger partial charge in [0.05, 0.1) is 12.5 Å². The molecule has 0 aliphatic carbocycles. The molecule has 14 heteroatoms. The van der Waals surface area contributed by atoms with Gasteiger partial charge < -0.3 is 41.9 Å². The number of benzene rings is 2. The highest BCUT2D eigenvalue weighted by Gasteiger charge is 2.23. The maximum absolute atomic E-state index is 12.9. The summed E-state index contributed by atoms with van der Waals surface area (Å²) in [6, 6.07) is 12.0. The first kappa shape index (κ1) is 29.0. The third-order valence-corrected chi connectivity index (χ3v) is 6.48. The van der Waals surface area contributed by atoms with Gasteiger partial charge in [-0.1, -0.05) is 24.3 Å². The second-order valence-corrected chi connectivity index (χ2v) is 9.34. The molecule has 13 nitrogen and oxygen atoms in total. The lowest BCUT2D eigenvalue weighted by atomic mass is 9.80. The Morgan fingerprint density at radius 2 is 1.83 bits per heavy atom. The molecular formula is C27H30BN7O6. The number of hydrogen-bond donors (Lipinski definition) is 7. The number of carbonyl (C=O) groups excluding carboxylic acids is 3. The SMILES string of the molecule is COC(=O)[C@H](CCC(=O)Nc1cccc(B(O)O)c1)NC(=O)c1ccc(CCc2c[nH]c3nc(N)nc(N)c23)cc1. The van der Waals surface area contributed by atoms with Crippen LogP contribution in [0.15, 0.2) is 54.7 Å². The average molecular weight is 559 g/mol. The van der Waals surface area contributed by atoms with E-state index in [9.17, 15) is 24.4 Å². The van der Waals surface area contributed by atoms with Crippen LogP contribution in [0.1, 0.15) is 34.3 Å². The molecular weight excluding hydrogens is 529 g/mol. The molecule has 0 radical (unpaired) electrons. The van der Waals surface area contributed by atoms with Crippen molar-refractivity contribution >= 4 is 58.9 Å². The molecule has 0 spiro atoms. The maximum atomic E-state index is 12.9. The molecule has 0 bridgehead atoms. The van der Waals surface area contributed by atoms with Crippen molar-refractivity contribution in [3.63, 3.8) is 0 Å². The summed E-state index contributed by atoms with van der Waals surface area (Å²) in [5.74, 6) is -1.19. The van der Waals surface area contributed by atoms with Gasteiger partial charge in [-0.2, -0.15) is 9.97 Å². The van der Waals surface area contributed by atoms with Crippen LogP contribution in [0, 0.1) is 0 Å². The van der Waals surface area contributed by atoms with Crippen molar-refractivity contribution in [3.8, 4) is 0 Å². The van der Waals surface area contributed by atoms with Gasteiger partial charge in [0, 0.05) is 23.9 Å². The zero-order chi connectivity index (χ0) is 29.5. The highest BCUT2D eigenvalue weighted by atomic mass is 16.5. The molecule has 9 N–H and O–H groups in total. The molecule has 4 rings (SSSR count). The number of rotatable bonds is 11. The predicted octanol–water partition coefficient (Wildman–Crippen LogP) is 0.278. The Labute approximate surface area is 235 Å². The Morgan fingerprint density at radius 3 is 2.54 bits per heavy atom. The zero-order valence-electron chi connectivity index (χ0n) is 22.3. The third kappa shape index (κ3) is 7.38. The van der Waals surface area contributed by atoms with Gasteiger partial charge in [0.15, 0.2) is 0 Å². The van der Waals surface area contributed by atoms with Crippen molar-refractivity contribution in [2.24, 2.45) is 0 Å². The Kier molecular flexibility index (Phi) is 9.17. The first-order valence-electron chi connectivity index (χ1n) is 12.8. The summed E-state index contributed by atoms with van der Waals surface area (Å²) in [5, 5.41) is 24.6. The number of methoxy groups -OCH3 is 1. The van der Waals surface area contributed by atoms with Crippen LogP contribution in [0.4, 0.5) is 17.5 Å². The van der Waals surface area contributed by atoms with Crippen LogP contribution >= 0.6 is 0 Å². The smallest absolute Gasteiger partial charge is 0.467 e. The van der Waals surface area contributed by atoms with Crippen LogP contribution in [-0.4, -0.2) is 63.1 Å². The van der Waals surface area contributed by atoms with Crippen LogP contribution in [0.25, 0.3) is 11.0 Å². The number of nitrogens with two attached hydrogens (primary N) is 2. The number of nitrogens with zero attached hydrogens (tertiary/aromatic N) is 2. The number of fused-ring (bicyclic) bond motifs is 1. The normalized spacial score (nSPS) is 11.6. The van der Waals surface area contributed by atoms with Crippen LogP contribution in [0.2, 0.25) is 0 Å². The molecule has 2 amide bonds. The van der Waals surface area contributed by atoms with Crippen LogP contribution in [0.5, 0.6) is 0 Å². The molecule has 0 aliphatic rings. The third-order valence-electron chi connectivity index (χ3n) is 6.48. The summed E-state index contributed by atoms with van der Waals surface area (Å²) in [4.78, 5) is 48.8. The number of hydrogen-bond acceptors (Lipinski definition) is 10. The topological polar surface area (TPSA) is 219 Å². The molecule has 1 atom stereocenters. The number of nitrogens with one attached hydrogen (secondary N) is 3. The maximum Gasteiger partial charge on any atom is 0.488 e. The lowest BCUT2D eigenvalue weighted by Gasteiger charge is -2.17. The summed E-state index contributed by atoms with van der Waals surface area (Å²) < 4.78 is 4.81. The number of ether oxygens (including phenoxy) is 1. The van der Waals surface area contributed by atoms with E-state index in [1.54, 1.807) is 24.3 Å². The standard InChI is InChI=1S/C27H30BN7O6/c1-41-26(38)20(11-12-21(36)32-19-4-2-3-18(13-19)28(39)40)33-25(37)16-8-5-15(6-9-16)7-10-17-14-31-24-22(17)23(29)34-27(30)35-24/h2-6,8-9,13-14,20,39-40H,7,10-12H2,1H3,(H,32,36)(H,33,37)(H5,29,30,31,34,35)/t20-/m0/s1. The van der Waals surface area contributed by atoms with Crippen molar-refractivity contribution in [1.29, 1.82) is 0 Å². The monoisotopic (exact) mass is 559 g/mol. The number of esters is 1. The average Bonchev–Trinajstić information content (AvgIpc) is 3.37. The zero-order valence-corrected chi connectivity index (χ0v) is 22.3. The van der Waals surface area contributed by atoms with Crippen molar-refractivity contribution in [2.75, 3.05) is 23.9 Å². The van der Waals surface area contributed by atoms with Crippen LogP contribution in [-0.2, 0) is 27.2 Å². The molecule has 0 fully saturated rings. The number of H-pyrrole nitrogens is 1. The summed E-state index contributed by atoms with van der Waals surface area (Å²) >= 11 is 0. The summed E-state index contributed by atoms with van der Waals surface area (Å²) in [6.45, 7) is 0. The Bertz CT molecular complexity index is 1560. The van der Waals surface area contributed by atoms with E-state index in [1.807, 2.05) is 18.3 Å². The van der Waals surface area contributed by atoms with Crippen molar-refractivity contribution in [1.82, 2.24) is 20.3 Å². The number of aryl methyl sites for hydroxylation is 2. The molecule has 0 saturated carbocycles. The quantitative estimate of drug-likeness (QED) is 0.0983. The molecule has 2 aromatic heterocycles. The van der Waals surface area contributed by atoms with Crippen LogP contribution < -0.4 is 27.6 Å². The van der Waals surface area contributed by atoms with Gasteiger partial charge in [0.25, 0.3) is 5.91 Å². The van der Waals surface area contributed by atoms with Gasteiger partial charge in [-0.15, -0.1) is 0 Å². The number of anilines is 3. The minimum Gasteiger partial charge on any atom is -0.467 e. The van der Waals surface area contributed by atoms with Gasteiger partial charge in [-0.25, -0.2) is 4.79 Å². The van der Waals surface area contributed by atoms with Gasteiger partial charge in [0.2, 0.25) is 11.9 Å². The minimum atomic E-state index is -1.67. The van der Waals surface area contributed by atoms with E-state index in [2.05, 4.69) is 25.6 Å². The molecule has 0 aliphatic heterocycles. The minimum absolute atomic E-state index is 0.00619. The number of aromatic nitrogens is 3. The fourth-order valence-electron chi connectivity index (χ4n) is 4.35. The number of amides is 2. The van der Waals surface area contributed by atoms with E-state index >= 15 is 0 Å². The fourth-order valence-corrected chi connectivity index (χ4v) is 4.35. The second-order valence-electron chi connectivity index (χ2n) is 9.34. The molecule has 2 heterocycles. The first-order valence-corrected chi connectivity index (χ1v) is 12.8. The Hall–Kier alpha value is -4.95. The molecule has 0 unspecified atom stereocenters. The Balaban J connectivity index is 1.33. The van der Waals surface area contributed by atoms with Crippen molar-refractivity contribution < 1.29 is 29.2 Å². The van der Waals surface area contributed by atoms with Gasteiger partial charge in [-0.05, 0) is 60.1 Å². The summed E-state index contributed by atoms with van der Waals surface area (Å²) in [7, 11) is -0.473. The summed E-state index contributed by atoms with van der Waals surface area (Å²) in [6.07, 6.45) is 3.04. The lowest BCUT2D eigenvalue weighted by molar-refractivity contribution is -0.143. The molecule has 41 heavy (non-hydrogen) atoms. The van der Waals surface area contributed by atoms with E-state index in [-0.39, 0.29) is 24.3 Å². The highest BCUT2D eigenvalue weighted by molar-refractivity contribution is 6.58. The van der Waals surface area contributed by atoms with Crippen molar-refractivity contribution in [2.45, 2.75) is 31.7 Å². The van der Waals surface area contributed by atoms with Gasteiger partial charge in [0.1, 0.15) is 17.5 Å². The molecule has 2 aromatic carbocycles. The van der Waals surface area contributed by atoms with Gasteiger partial charge >= 0.3 is 13.1 Å². The second kappa shape index (κ2) is 12.9. The lowest BCUT2D eigenvalue weighted by Crippen LogP contribution is -2.42. The first-order chi connectivity index (χ1) is 19.6. The molecule has 0 saturated heterocycles.